The first-order chi connectivity index (χ1) is 9.65. The summed E-state index contributed by atoms with van der Waals surface area (Å²) < 4.78 is 1.14. The highest BCUT2D eigenvalue weighted by Crippen LogP contribution is 2.37. The Kier molecular flexibility index (Phi) is 3.70. The molecular weight excluding hydrogens is 312 g/mol. The van der Waals surface area contributed by atoms with Crippen LogP contribution in [-0.2, 0) is 6.54 Å². The molecule has 0 saturated carbocycles. The molecule has 1 heterocycles. The Balaban J connectivity index is 1.98. The number of hydrogen-bond donors (Lipinski definition) is 0. The van der Waals surface area contributed by atoms with Crippen LogP contribution in [0.15, 0.2) is 53.0 Å². The molecular formula is C17H19BrN2. The predicted molar refractivity (Wildman–Crippen MR) is 89.5 cm³/mol. The quantitative estimate of drug-likeness (QED) is 0.810. The number of anilines is 2. The van der Waals surface area contributed by atoms with E-state index >= 15 is 0 Å². The van der Waals surface area contributed by atoms with Gasteiger partial charge in [-0.2, -0.15) is 0 Å². The van der Waals surface area contributed by atoms with Crippen LogP contribution in [0, 0.1) is 0 Å². The lowest BCUT2D eigenvalue weighted by Crippen LogP contribution is -2.45. The third-order valence-corrected chi connectivity index (χ3v) is 4.42. The summed E-state index contributed by atoms with van der Waals surface area (Å²) in [6, 6.07) is 17.7. The lowest BCUT2D eigenvalue weighted by molar-refractivity contribution is 0.603. The molecule has 0 fully saturated rings. The van der Waals surface area contributed by atoms with Crippen LogP contribution in [0.1, 0.15) is 12.5 Å². The van der Waals surface area contributed by atoms with Crippen molar-refractivity contribution in [2.75, 3.05) is 23.4 Å². The van der Waals surface area contributed by atoms with E-state index in [0.717, 1.165) is 17.6 Å². The molecule has 1 aliphatic heterocycles. The average Bonchev–Trinajstić information content (AvgIpc) is 2.44. The van der Waals surface area contributed by atoms with E-state index in [-0.39, 0.29) is 0 Å². The van der Waals surface area contributed by atoms with Gasteiger partial charge in [-0.05, 0) is 30.7 Å². The molecule has 0 unspecified atom stereocenters. The minimum Gasteiger partial charge on any atom is -0.371 e. The Labute approximate surface area is 129 Å². The highest BCUT2D eigenvalue weighted by Gasteiger charge is 2.26. The lowest BCUT2D eigenvalue weighted by atomic mass is 10.1. The van der Waals surface area contributed by atoms with Crippen molar-refractivity contribution in [2.24, 2.45) is 0 Å². The third-order valence-electron chi connectivity index (χ3n) is 3.92. The normalized spacial score (nSPS) is 18.1. The van der Waals surface area contributed by atoms with Gasteiger partial charge in [0.2, 0.25) is 0 Å². The molecule has 2 nitrogen and oxygen atoms in total. The van der Waals surface area contributed by atoms with E-state index in [1.54, 1.807) is 0 Å². The van der Waals surface area contributed by atoms with Crippen molar-refractivity contribution in [3.63, 3.8) is 0 Å². The zero-order valence-electron chi connectivity index (χ0n) is 11.9. The SMILES string of the molecule is C[C@@H]1CN(C)c2ccc(Br)cc2N1Cc1ccccc1. The number of fused-ring (bicyclic) bond motifs is 1. The largest absolute Gasteiger partial charge is 0.371 e. The van der Waals surface area contributed by atoms with E-state index in [0.29, 0.717) is 6.04 Å². The van der Waals surface area contributed by atoms with Crippen LogP contribution in [0.25, 0.3) is 0 Å². The summed E-state index contributed by atoms with van der Waals surface area (Å²) in [6.07, 6.45) is 0. The molecule has 20 heavy (non-hydrogen) atoms. The van der Waals surface area contributed by atoms with Gasteiger partial charge in [0.25, 0.3) is 0 Å². The standard InChI is InChI=1S/C17H19BrN2/c1-13-11-19(2)16-9-8-15(18)10-17(16)20(13)12-14-6-4-3-5-7-14/h3-10,13H,11-12H2,1-2H3/t13-/m1/s1. The summed E-state index contributed by atoms with van der Waals surface area (Å²) in [5.41, 5.74) is 3.97. The van der Waals surface area contributed by atoms with Gasteiger partial charge in [0.1, 0.15) is 0 Å². The van der Waals surface area contributed by atoms with E-state index in [1.165, 1.54) is 16.9 Å². The van der Waals surface area contributed by atoms with Crippen molar-refractivity contribution in [3.05, 3.63) is 58.6 Å². The van der Waals surface area contributed by atoms with Crippen LogP contribution in [0.4, 0.5) is 11.4 Å². The van der Waals surface area contributed by atoms with Gasteiger partial charge >= 0.3 is 0 Å². The molecule has 3 heteroatoms. The second-order valence-electron chi connectivity index (χ2n) is 5.48. The second-order valence-corrected chi connectivity index (χ2v) is 6.39. The number of benzene rings is 2. The zero-order chi connectivity index (χ0) is 14.1. The average molecular weight is 331 g/mol. The van der Waals surface area contributed by atoms with E-state index in [4.69, 9.17) is 0 Å². The fraction of sp³-hybridized carbons (Fsp3) is 0.294. The summed E-state index contributed by atoms with van der Waals surface area (Å²) in [4.78, 5) is 4.84. The number of hydrogen-bond acceptors (Lipinski definition) is 2. The second kappa shape index (κ2) is 5.49. The first-order valence-corrected chi connectivity index (χ1v) is 7.75. The highest BCUT2D eigenvalue weighted by molar-refractivity contribution is 9.10. The fourth-order valence-electron chi connectivity index (χ4n) is 2.90. The van der Waals surface area contributed by atoms with Gasteiger partial charge in [-0.3, -0.25) is 0 Å². The minimum atomic E-state index is 0.502. The Morgan fingerprint density at radius 2 is 1.85 bits per heavy atom. The van der Waals surface area contributed by atoms with Crippen LogP contribution in [0.2, 0.25) is 0 Å². The molecule has 104 valence electrons. The number of nitrogens with zero attached hydrogens (tertiary/aromatic N) is 2. The maximum atomic E-state index is 3.60. The summed E-state index contributed by atoms with van der Waals surface area (Å²) in [6.45, 7) is 4.31. The van der Waals surface area contributed by atoms with Crippen molar-refractivity contribution < 1.29 is 0 Å². The number of likely N-dealkylation sites (N-methyl/N-ethyl adjacent to an activating group) is 1. The minimum absolute atomic E-state index is 0.502. The van der Waals surface area contributed by atoms with Gasteiger partial charge < -0.3 is 9.80 Å². The van der Waals surface area contributed by atoms with Crippen LogP contribution in [0.3, 0.4) is 0 Å². The van der Waals surface area contributed by atoms with E-state index < -0.39 is 0 Å². The van der Waals surface area contributed by atoms with Crippen molar-refractivity contribution in [3.8, 4) is 0 Å². The molecule has 1 atom stereocenters. The van der Waals surface area contributed by atoms with Crippen molar-refractivity contribution >= 4 is 27.3 Å². The van der Waals surface area contributed by atoms with Crippen LogP contribution in [-0.4, -0.2) is 19.6 Å². The molecule has 0 saturated heterocycles. The summed E-state index contributed by atoms with van der Waals surface area (Å²) >= 11 is 3.60. The van der Waals surface area contributed by atoms with Crippen molar-refractivity contribution in [1.29, 1.82) is 0 Å². The molecule has 2 aromatic carbocycles. The smallest absolute Gasteiger partial charge is 0.0621 e. The van der Waals surface area contributed by atoms with E-state index in [9.17, 15) is 0 Å². The monoisotopic (exact) mass is 330 g/mol. The Bertz CT molecular complexity index is 597. The molecule has 0 amide bonds. The Morgan fingerprint density at radius 1 is 1.10 bits per heavy atom. The van der Waals surface area contributed by atoms with Crippen molar-refractivity contribution in [2.45, 2.75) is 19.5 Å². The summed E-state index contributed by atoms with van der Waals surface area (Å²) in [5.74, 6) is 0. The predicted octanol–water partition coefficient (Wildman–Crippen LogP) is 4.29. The molecule has 0 aliphatic carbocycles. The molecule has 0 N–H and O–H groups in total. The fourth-order valence-corrected chi connectivity index (χ4v) is 3.25. The van der Waals surface area contributed by atoms with Gasteiger partial charge in [0, 0.05) is 30.7 Å². The maximum Gasteiger partial charge on any atom is 0.0621 e. The highest BCUT2D eigenvalue weighted by atomic mass is 79.9. The summed E-state index contributed by atoms with van der Waals surface area (Å²) in [5, 5.41) is 0. The van der Waals surface area contributed by atoms with Crippen LogP contribution in [0.5, 0.6) is 0 Å². The third kappa shape index (κ3) is 2.55. The van der Waals surface area contributed by atoms with Gasteiger partial charge in [0.05, 0.1) is 11.4 Å². The lowest BCUT2D eigenvalue weighted by Gasteiger charge is -2.42. The van der Waals surface area contributed by atoms with Crippen molar-refractivity contribution in [1.82, 2.24) is 0 Å². The van der Waals surface area contributed by atoms with Crippen LogP contribution >= 0.6 is 15.9 Å². The topological polar surface area (TPSA) is 6.48 Å². The molecule has 0 radical (unpaired) electrons. The molecule has 3 rings (SSSR count). The van der Waals surface area contributed by atoms with Crippen LogP contribution < -0.4 is 9.80 Å². The maximum absolute atomic E-state index is 3.60. The van der Waals surface area contributed by atoms with Gasteiger partial charge in [-0.1, -0.05) is 46.3 Å². The molecule has 0 spiro atoms. The molecule has 0 aromatic heterocycles. The van der Waals surface area contributed by atoms with Gasteiger partial charge in [0.15, 0.2) is 0 Å². The zero-order valence-corrected chi connectivity index (χ0v) is 13.5. The molecule has 0 bridgehead atoms. The van der Waals surface area contributed by atoms with Gasteiger partial charge in [-0.25, -0.2) is 0 Å². The molecule has 1 aliphatic rings. The number of rotatable bonds is 2. The van der Waals surface area contributed by atoms with E-state index in [1.807, 2.05) is 0 Å². The number of halogens is 1. The van der Waals surface area contributed by atoms with E-state index in [2.05, 4.69) is 88.2 Å². The Morgan fingerprint density at radius 3 is 2.60 bits per heavy atom. The first kappa shape index (κ1) is 13.5. The molecule has 2 aromatic rings. The van der Waals surface area contributed by atoms with Gasteiger partial charge in [-0.15, -0.1) is 0 Å². The Hall–Kier alpha value is -1.48. The first-order valence-electron chi connectivity index (χ1n) is 6.96. The summed E-state index contributed by atoms with van der Waals surface area (Å²) in [7, 11) is 2.17.